The highest BCUT2D eigenvalue weighted by molar-refractivity contribution is 5.67. The molecule has 0 radical (unpaired) electrons. The number of hydrogen-bond donors (Lipinski definition) is 0. The van der Waals surface area contributed by atoms with Crippen LogP contribution in [0, 0.1) is 5.92 Å². The van der Waals surface area contributed by atoms with E-state index >= 15 is 0 Å². The Hall–Kier alpha value is -1.60. The lowest BCUT2D eigenvalue weighted by molar-refractivity contribution is 0.175. The lowest BCUT2D eigenvalue weighted by atomic mass is 9.93. The van der Waals surface area contributed by atoms with E-state index in [0.29, 0.717) is 0 Å². The third-order valence-corrected chi connectivity index (χ3v) is 4.78. The van der Waals surface area contributed by atoms with Crippen molar-refractivity contribution in [3.8, 4) is 11.1 Å². The van der Waals surface area contributed by atoms with Gasteiger partial charge >= 0.3 is 0 Å². The average molecular weight is 279 g/mol. The molecule has 0 amide bonds. The Labute approximate surface area is 128 Å². The van der Waals surface area contributed by atoms with Gasteiger partial charge in [0.05, 0.1) is 0 Å². The first-order valence-corrected chi connectivity index (χ1v) is 8.22. The summed E-state index contributed by atoms with van der Waals surface area (Å²) in [5.74, 6) is 0.950. The topological polar surface area (TPSA) is 3.24 Å². The van der Waals surface area contributed by atoms with Gasteiger partial charge in [0.25, 0.3) is 0 Å². The standard InChI is InChI=1S/C20H25N/c1-2-17-12-14-21(15-13-17)16-19-10-6-7-11-20(19)18-8-4-3-5-9-18/h3-11,17H,2,12-16H2,1H3. The highest BCUT2D eigenvalue weighted by atomic mass is 15.1. The molecule has 0 aromatic heterocycles. The molecule has 0 saturated carbocycles. The van der Waals surface area contributed by atoms with Crippen LogP contribution in [0.3, 0.4) is 0 Å². The Kier molecular flexibility index (Phi) is 4.72. The van der Waals surface area contributed by atoms with Crippen molar-refractivity contribution < 1.29 is 0 Å². The molecule has 1 fully saturated rings. The summed E-state index contributed by atoms with van der Waals surface area (Å²) in [6.45, 7) is 5.91. The fraction of sp³-hybridized carbons (Fsp3) is 0.400. The molecule has 0 bridgehead atoms. The van der Waals surface area contributed by atoms with Gasteiger partial charge in [-0.1, -0.05) is 67.9 Å². The minimum Gasteiger partial charge on any atom is -0.299 e. The summed E-state index contributed by atoms with van der Waals surface area (Å²) in [5, 5.41) is 0. The maximum Gasteiger partial charge on any atom is 0.0239 e. The zero-order chi connectivity index (χ0) is 14.5. The van der Waals surface area contributed by atoms with Gasteiger partial charge in [0.1, 0.15) is 0 Å². The Morgan fingerprint density at radius 3 is 2.29 bits per heavy atom. The van der Waals surface area contributed by atoms with Crippen molar-refractivity contribution in [1.29, 1.82) is 0 Å². The van der Waals surface area contributed by atoms with Crippen LogP contribution in [0.25, 0.3) is 11.1 Å². The van der Waals surface area contributed by atoms with Gasteiger partial charge in [0.2, 0.25) is 0 Å². The molecule has 2 aromatic rings. The fourth-order valence-electron chi connectivity index (χ4n) is 3.35. The van der Waals surface area contributed by atoms with Crippen molar-refractivity contribution in [2.75, 3.05) is 13.1 Å². The van der Waals surface area contributed by atoms with Gasteiger partial charge in [-0.05, 0) is 48.5 Å². The molecule has 1 aliphatic heterocycles. The number of likely N-dealkylation sites (tertiary alicyclic amines) is 1. The normalized spacial score (nSPS) is 17.0. The fourth-order valence-corrected chi connectivity index (χ4v) is 3.35. The first-order valence-electron chi connectivity index (χ1n) is 8.22. The van der Waals surface area contributed by atoms with Crippen molar-refractivity contribution in [2.24, 2.45) is 5.92 Å². The first-order chi connectivity index (χ1) is 10.4. The zero-order valence-corrected chi connectivity index (χ0v) is 13.0. The van der Waals surface area contributed by atoms with Gasteiger partial charge in [0.15, 0.2) is 0 Å². The van der Waals surface area contributed by atoms with E-state index in [9.17, 15) is 0 Å². The number of piperidine rings is 1. The number of rotatable bonds is 4. The highest BCUT2D eigenvalue weighted by Gasteiger charge is 2.18. The van der Waals surface area contributed by atoms with Gasteiger partial charge < -0.3 is 0 Å². The van der Waals surface area contributed by atoms with Crippen LogP contribution >= 0.6 is 0 Å². The SMILES string of the molecule is CCC1CCN(Cc2ccccc2-c2ccccc2)CC1. The van der Waals surface area contributed by atoms with E-state index in [1.807, 2.05) is 0 Å². The maximum atomic E-state index is 2.62. The van der Waals surface area contributed by atoms with Gasteiger partial charge in [-0.3, -0.25) is 4.90 Å². The molecule has 1 nitrogen and oxygen atoms in total. The molecule has 1 heterocycles. The Bertz CT molecular complexity index is 553. The highest BCUT2D eigenvalue weighted by Crippen LogP contribution is 2.27. The summed E-state index contributed by atoms with van der Waals surface area (Å²) in [7, 11) is 0. The van der Waals surface area contributed by atoms with Crippen molar-refractivity contribution in [3.05, 3.63) is 60.2 Å². The van der Waals surface area contributed by atoms with Gasteiger partial charge in [-0.2, -0.15) is 0 Å². The summed E-state index contributed by atoms with van der Waals surface area (Å²) in [4.78, 5) is 2.62. The van der Waals surface area contributed by atoms with E-state index in [4.69, 9.17) is 0 Å². The third-order valence-electron chi connectivity index (χ3n) is 4.78. The Balaban J connectivity index is 1.75. The predicted octanol–water partition coefficient (Wildman–Crippen LogP) is 4.98. The molecule has 2 aromatic carbocycles. The second-order valence-corrected chi connectivity index (χ2v) is 6.15. The zero-order valence-electron chi connectivity index (χ0n) is 13.0. The summed E-state index contributed by atoms with van der Waals surface area (Å²) in [5.41, 5.74) is 4.17. The smallest absolute Gasteiger partial charge is 0.0239 e. The number of benzene rings is 2. The second-order valence-electron chi connectivity index (χ2n) is 6.15. The lowest BCUT2D eigenvalue weighted by Crippen LogP contribution is -2.33. The lowest BCUT2D eigenvalue weighted by Gasteiger charge is -2.32. The van der Waals surface area contributed by atoms with E-state index in [-0.39, 0.29) is 0 Å². The summed E-state index contributed by atoms with van der Waals surface area (Å²) >= 11 is 0. The summed E-state index contributed by atoms with van der Waals surface area (Å²) in [6.07, 6.45) is 4.07. The van der Waals surface area contributed by atoms with Crippen LogP contribution in [0.1, 0.15) is 31.7 Å². The molecule has 1 aliphatic rings. The summed E-state index contributed by atoms with van der Waals surface area (Å²) < 4.78 is 0. The Morgan fingerprint density at radius 2 is 1.57 bits per heavy atom. The molecular formula is C20H25N. The molecule has 21 heavy (non-hydrogen) atoms. The van der Waals surface area contributed by atoms with Gasteiger partial charge in [0, 0.05) is 6.54 Å². The van der Waals surface area contributed by atoms with Crippen LogP contribution in [-0.4, -0.2) is 18.0 Å². The number of nitrogens with zero attached hydrogens (tertiary/aromatic N) is 1. The van der Waals surface area contributed by atoms with E-state index in [1.165, 1.54) is 49.0 Å². The van der Waals surface area contributed by atoms with Crippen LogP contribution in [0.2, 0.25) is 0 Å². The molecule has 0 aliphatic carbocycles. The second kappa shape index (κ2) is 6.91. The maximum absolute atomic E-state index is 2.62. The molecule has 0 atom stereocenters. The van der Waals surface area contributed by atoms with Crippen LogP contribution < -0.4 is 0 Å². The van der Waals surface area contributed by atoms with E-state index in [0.717, 1.165) is 12.5 Å². The van der Waals surface area contributed by atoms with Crippen LogP contribution in [0.4, 0.5) is 0 Å². The monoisotopic (exact) mass is 279 g/mol. The molecule has 1 saturated heterocycles. The Morgan fingerprint density at radius 1 is 0.905 bits per heavy atom. The average Bonchev–Trinajstić information content (AvgIpc) is 2.57. The molecule has 110 valence electrons. The summed E-state index contributed by atoms with van der Waals surface area (Å²) in [6, 6.07) is 19.6. The first kappa shape index (κ1) is 14.3. The molecular weight excluding hydrogens is 254 g/mol. The predicted molar refractivity (Wildman–Crippen MR) is 90.2 cm³/mol. The van der Waals surface area contributed by atoms with Crippen molar-refractivity contribution in [3.63, 3.8) is 0 Å². The minimum atomic E-state index is 0.950. The van der Waals surface area contributed by atoms with Crippen LogP contribution in [-0.2, 0) is 6.54 Å². The van der Waals surface area contributed by atoms with Crippen LogP contribution in [0.5, 0.6) is 0 Å². The number of hydrogen-bond acceptors (Lipinski definition) is 1. The largest absolute Gasteiger partial charge is 0.299 e. The van der Waals surface area contributed by atoms with Gasteiger partial charge in [-0.25, -0.2) is 0 Å². The van der Waals surface area contributed by atoms with Crippen molar-refractivity contribution in [2.45, 2.75) is 32.7 Å². The van der Waals surface area contributed by atoms with E-state index < -0.39 is 0 Å². The quantitative estimate of drug-likeness (QED) is 0.763. The molecule has 0 spiro atoms. The van der Waals surface area contributed by atoms with Crippen molar-refractivity contribution >= 4 is 0 Å². The molecule has 0 unspecified atom stereocenters. The molecule has 1 heteroatoms. The molecule has 3 rings (SSSR count). The van der Waals surface area contributed by atoms with E-state index in [1.54, 1.807) is 0 Å². The minimum absolute atomic E-state index is 0.950. The van der Waals surface area contributed by atoms with Crippen molar-refractivity contribution in [1.82, 2.24) is 4.90 Å². The van der Waals surface area contributed by atoms with E-state index in [2.05, 4.69) is 66.4 Å². The third kappa shape index (κ3) is 3.54. The van der Waals surface area contributed by atoms with Gasteiger partial charge in [-0.15, -0.1) is 0 Å². The molecule has 0 N–H and O–H groups in total. The van der Waals surface area contributed by atoms with Crippen LogP contribution in [0.15, 0.2) is 54.6 Å².